The van der Waals surface area contributed by atoms with E-state index in [2.05, 4.69) is 0 Å². The lowest BCUT2D eigenvalue weighted by Gasteiger charge is -2.18. The third-order valence-corrected chi connectivity index (χ3v) is 4.28. The molecule has 0 saturated heterocycles. The van der Waals surface area contributed by atoms with E-state index in [0.717, 1.165) is 23.1 Å². The number of nitrogens with zero attached hydrogens (tertiary/aromatic N) is 1. The molecule has 0 aliphatic carbocycles. The Morgan fingerprint density at radius 1 is 0.958 bits per heavy atom. The van der Waals surface area contributed by atoms with E-state index in [1.807, 2.05) is 57.3 Å². The SMILES string of the molecule is COc1ccc(CCN(C)C(=O)c2ccc(C)c(C)c2)cc1OC. The predicted octanol–water partition coefficient (Wildman–Crippen LogP) is 3.64. The van der Waals surface area contributed by atoms with Crippen LogP contribution in [0.4, 0.5) is 0 Å². The van der Waals surface area contributed by atoms with Crippen molar-refractivity contribution in [3.8, 4) is 11.5 Å². The van der Waals surface area contributed by atoms with Gasteiger partial charge in [-0.2, -0.15) is 0 Å². The molecule has 0 aromatic heterocycles. The van der Waals surface area contributed by atoms with Gasteiger partial charge in [0.2, 0.25) is 0 Å². The summed E-state index contributed by atoms with van der Waals surface area (Å²) in [4.78, 5) is 14.3. The van der Waals surface area contributed by atoms with Crippen LogP contribution in [0.5, 0.6) is 11.5 Å². The van der Waals surface area contributed by atoms with Crippen molar-refractivity contribution in [3.63, 3.8) is 0 Å². The van der Waals surface area contributed by atoms with Gasteiger partial charge in [0.05, 0.1) is 14.2 Å². The Morgan fingerprint density at radius 2 is 1.67 bits per heavy atom. The molecule has 0 aliphatic rings. The average molecular weight is 327 g/mol. The number of hydrogen-bond acceptors (Lipinski definition) is 3. The molecule has 1 amide bonds. The first kappa shape index (κ1) is 17.9. The molecule has 128 valence electrons. The average Bonchev–Trinajstić information content (AvgIpc) is 2.60. The van der Waals surface area contributed by atoms with Gasteiger partial charge in [-0.1, -0.05) is 12.1 Å². The quantitative estimate of drug-likeness (QED) is 0.813. The maximum absolute atomic E-state index is 12.5. The molecule has 0 saturated carbocycles. The molecule has 0 N–H and O–H groups in total. The summed E-state index contributed by atoms with van der Waals surface area (Å²) in [5, 5.41) is 0. The number of hydrogen-bond donors (Lipinski definition) is 0. The summed E-state index contributed by atoms with van der Waals surface area (Å²) in [7, 11) is 5.07. The lowest BCUT2D eigenvalue weighted by molar-refractivity contribution is 0.0796. The number of likely N-dealkylation sites (N-methyl/N-ethyl adjacent to an activating group) is 1. The highest BCUT2D eigenvalue weighted by molar-refractivity contribution is 5.94. The molecule has 4 nitrogen and oxygen atoms in total. The first-order valence-electron chi connectivity index (χ1n) is 8.00. The highest BCUT2D eigenvalue weighted by Gasteiger charge is 2.13. The van der Waals surface area contributed by atoms with Crippen LogP contribution >= 0.6 is 0 Å². The zero-order chi connectivity index (χ0) is 17.7. The maximum Gasteiger partial charge on any atom is 0.253 e. The number of aryl methyl sites for hydroxylation is 2. The van der Waals surface area contributed by atoms with E-state index in [4.69, 9.17) is 9.47 Å². The van der Waals surface area contributed by atoms with Crippen LogP contribution in [-0.4, -0.2) is 38.6 Å². The van der Waals surface area contributed by atoms with Gasteiger partial charge >= 0.3 is 0 Å². The van der Waals surface area contributed by atoms with Crippen molar-refractivity contribution in [1.29, 1.82) is 0 Å². The van der Waals surface area contributed by atoms with Gasteiger partial charge in [-0.15, -0.1) is 0 Å². The number of carbonyl (C=O) groups excluding carboxylic acids is 1. The van der Waals surface area contributed by atoms with E-state index in [0.29, 0.717) is 18.0 Å². The molecule has 0 heterocycles. The summed E-state index contributed by atoms with van der Waals surface area (Å²) in [6, 6.07) is 11.7. The Morgan fingerprint density at radius 3 is 2.29 bits per heavy atom. The van der Waals surface area contributed by atoms with E-state index in [1.54, 1.807) is 19.1 Å². The monoisotopic (exact) mass is 327 g/mol. The maximum atomic E-state index is 12.5. The van der Waals surface area contributed by atoms with E-state index in [9.17, 15) is 4.79 Å². The predicted molar refractivity (Wildman–Crippen MR) is 96.1 cm³/mol. The number of amides is 1. The van der Waals surface area contributed by atoms with Gasteiger partial charge in [-0.25, -0.2) is 0 Å². The van der Waals surface area contributed by atoms with Gasteiger partial charge in [-0.05, 0) is 61.2 Å². The van der Waals surface area contributed by atoms with Gasteiger partial charge in [0.25, 0.3) is 5.91 Å². The van der Waals surface area contributed by atoms with Crippen molar-refractivity contribution < 1.29 is 14.3 Å². The molecule has 0 aliphatic heterocycles. The van der Waals surface area contributed by atoms with Gasteiger partial charge in [0.1, 0.15) is 0 Å². The summed E-state index contributed by atoms with van der Waals surface area (Å²) in [5.41, 5.74) is 4.16. The second kappa shape index (κ2) is 7.86. The van der Waals surface area contributed by atoms with Gasteiger partial charge in [0.15, 0.2) is 11.5 Å². The molecule has 0 unspecified atom stereocenters. The van der Waals surface area contributed by atoms with E-state index < -0.39 is 0 Å². The fourth-order valence-corrected chi connectivity index (χ4v) is 2.53. The second-order valence-corrected chi connectivity index (χ2v) is 5.97. The minimum absolute atomic E-state index is 0.0403. The van der Waals surface area contributed by atoms with Crippen LogP contribution in [0.1, 0.15) is 27.0 Å². The molecule has 0 fully saturated rings. The van der Waals surface area contributed by atoms with Crippen LogP contribution in [-0.2, 0) is 6.42 Å². The third-order valence-electron chi connectivity index (χ3n) is 4.28. The minimum atomic E-state index is 0.0403. The van der Waals surface area contributed by atoms with Crippen molar-refractivity contribution in [3.05, 3.63) is 58.7 Å². The van der Waals surface area contributed by atoms with Crippen LogP contribution in [0.3, 0.4) is 0 Å². The molecule has 4 heteroatoms. The fraction of sp³-hybridized carbons (Fsp3) is 0.350. The number of carbonyl (C=O) groups is 1. The summed E-state index contributed by atoms with van der Waals surface area (Å²) in [5.74, 6) is 1.46. The lowest BCUT2D eigenvalue weighted by Crippen LogP contribution is -2.28. The fourth-order valence-electron chi connectivity index (χ4n) is 2.53. The second-order valence-electron chi connectivity index (χ2n) is 5.97. The standard InChI is InChI=1S/C20H25NO3/c1-14-6-8-17(12-15(14)2)20(22)21(3)11-10-16-7-9-18(23-4)19(13-16)24-5/h6-9,12-13H,10-11H2,1-5H3. The van der Waals surface area contributed by atoms with Crippen molar-refractivity contribution in [2.75, 3.05) is 27.8 Å². The van der Waals surface area contributed by atoms with Crippen LogP contribution in [0, 0.1) is 13.8 Å². The van der Waals surface area contributed by atoms with E-state index in [1.165, 1.54) is 5.56 Å². The zero-order valence-electron chi connectivity index (χ0n) is 15.1. The van der Waals surface area contributed by atoms with Crippen molar-refractivity contribution >= 4 is 5.91 Å². The van der Waals surface area contributed by atoms with Crippen LogP contribution in [0.2, 0.25) is 0 Å². The first-order valence-corrected chi connectivity index (χ1v) is 8.00. The first-order chi connectivity index (χ1) is 11.5. The van der Waals surface area contributed by atoms with Crippen molar-refractivity contribution in [2.45, 2.75) is 20.3 Å². The van der Waals surface area contributed by atoms with Crippen LogP contribution in [0.25, 0.3) is 0 Å². The van der Waals surface area contributed by atoms with Gasteiger partial charge < -0.3 is 14.4 Å². The summed E-state index contributed by atoms with van der Waals surface area (Å²) in [6.45, 7) is 4.71. The van der Waals surface area contributed by atoms with Crippen LogP contribution in [0.15, 0.2) is 36.4 Å². The van der Waals surface area contributed by atoms with Crippen molar-refractivity contribution in [1.82, 2.24) is 4.90 Å². The van der Waals surface area contributed by atoms with Gasteiger partial charge in [-0.3, -0.25) is 4.79 Å². The Bertz CT molecular complexity index is 725. The molecule has 24 heavy (non-hydrogen) atoms. The largest absolute Gasteiger partial charge is 0.493 e. The van der Waals surface area contributed by atoms with Crippen molar-refractivity contribution in [2.24, 2.45) is 0 Å². The number of rotatable bonds is 6. The van der Waals surface area contributed by atoms with Gasteiger partial charge in [0, 0.05) is 19.2 Å². The Hall–Kier alpha value is -2.49. The Balaban J connectivity index is 2.03. The molecule has 2 rings (SSSR count). The molecular formula is C20H25NO3. The highest BCUT2D eigenvalue weighted by Crippen LogP contribution is 2.27. The molecular weight excluding hydrogens is 302 g/mol. The van der Waals surface area contributed by atoms with E-state index >= 15 is 0 Å². The normalized spacial score (nSPS) is 10.4. The number of ether oxygens (including phenoxy) is 2. The topological polar surface area (TPSA) is 38.8 Å². The zero-order valence-corrected chi connectivity index (χ0v) is 15.1. The Kier molecular flexibility index (Phi) is 5.85. The smallest absolute Gasteiger partial charge is 0.253 e. The number of methoxy groups -OCH3 is 2. The third kappa shape index (κ3) is 4.07. The number of benzene rings is 2. The summed E-state index contributed by atoms with van der Waals surface area (Å²) >= 11 is 0. The van der Waals surface area contributed by atoms with Crippen LogP contribution < -0.4 is 9.47 Å². The molecule has 2 aromatic rings. The molecule has 0 bridgehead atoms. The van der Waals surface area contributed by atoms with E-state index in [-0.39, 0.29) is 5.91 Å². The molecule has 2 aromatic carbocycles. The minimum Gasteiger partial charge on any atom is -0.493 e. The summed E-state index contributed by atoms with van der Waals surface area (Å²) in [6.07, 6.45) is 0.757. The molecule has 0 radical (unpaired) electrons. The lowest BCUT2D eigenvalue weighted by atomic mass is 10.1. The summed E-state index contributed by atoms with van der Waals surface area (Å²) < 4.78 is 10.6. The molecule has 0 spiro atoms. The molecule has 0 atom stereocenters. The highest BCUT2D eigenvalue weighted by atomic mass is 16.5. The Labute approximate surface area is 144 Å².